The minimum absolute atomic E-state index is 0.144. The van der Waals surface area contributed by atoms with Crippen LogP contribution in [0.25, 0.3) is 11.3 Å². The minimum Gasteiger partial charge on any atom is -0.347 e. The summed E-state index contributed by atoms with van der Waals surface area (Å²) in [6, 6.07) is 9.34. The fourth-order valence-corrected chi connectivity index (χ4v) is 1.62. The van der Waals surface area contributed by atoms with E-state index in [0.29, 0.717) is 11.6 Å². The molecule has 0 saturated carbocycles. The summed E-state index contributed by atoms with van der Waals surface area (Å²) in [5.74, 6) is 0.537. The van der Waals surface area contributed by atoms with Crippen LogP contribution in [0.5, 0.6) is 0 Å². The van der Waals surface area contributed by atoms with Crippen LogP contribution < -0.4 is 10.5 Å². The normalized spacial score (nSPS) is 10.3. The third-order valence-corrected chi connectivity index (χ3v) is 2.49. The Morgan fingerprint density at radius 3 is 2.35 bits per heavy atom. The fraction of sp³-hybridized carbons (Fsp3) is 0.250. The average molecular weight is 230 g/mol. The number of benzene rings is 1. The number of rotatable bonds is 2. The van der Waals surface area contributed by atoms with Crippen molar-refractivity contribution in [3.05, 3.63) is 40.7 Å². The lowest BCUT2D eigenvalue weighted by Gasteiger charge is -2.14. The summed E-state index contributed by atoms with van der Waals surface area (Å²) < 4.78 is 1.50. The quantitative estimate of drug-likeness (QED) is 0.769. The van der Waals surface area contributed by atoms with E-state index in [1.165, 1.54) is 4.57 Å². The molecule has 1 heterocycles. The first-order chi connectivity index (χ1) is 8.11. The fourth-order valence-electron chi connectivity index (χ4n) is 1.62. The molecule has 2 aromatic rings. The minimum atomic E-state index is -0.144. The lowest BCUT2D eigenvalue weighted by molar-refractivity contribution is 0.756. The van der Waals surface area contributed by atoms with Crippen molar-refractivity contribution in [2.75, 3.05) is 19.0 Å². The molecule has 0 radical (unpaired) electrons. The van der Waals surface area contributed by atoms with Gasteiger partial charge in [-0.05, 0) is 0 Å². The Kier molecular flexibility index (Phi) is 2.91. The molecule has 2 rings (SSSR count). The summed E-state index contributed by atoms with van der Waals surface area (Å²) in [5, 5.41) is 8.06. The van der Waals surface area contributed by atoms with Gasteiger partial charge in [0.2, 0.25) is 5.95 Å². The van der Waals surface area contributed by atoms with Crippen LogP contribution in [0.3, 0.4) is 0 Å². The zero-order chi connectivity index (χ0) is 12.4. The van der Waals surface area contributed by atoms with E-state index in [9.17, 15) is 4.79 Å². The summed E-state index contributed by atoms with van der Waals surface area (Å²) in [6.07, 6.45) is 0. The van der Waals surface area contributed by atoms with E-state index in [1.807, 2.05) is 44.4 Å². The highest BCUT2D eigenvalue weighted by Gasteiger charge is 2.11. The molecule has 17 heavy (non-hydrogen) atoms. The number of hydrogen-bond acceptors (Lipinski definition) is 4. The van der Waals surface area contributed by atoms with Gasteiger partial charge in [0.05, 0.1) is 0 Å². The van der Waals surface area contributed by atoms with Crippen LogP contribution in [-0.4, -0.2) is 28.9 Å². The molecule has 0 unspecified atom stereocenters. The molecule has 0 aliphatic carbocycles. The van der Waals surface area contributed by atoms with E-state index >= 15 is 0 Å². The molecule has 0 bridgehead atoms. The number of aromatic nitrogens is 3. The van der Waals surface area contributed by atoms with E-state index in [0.717, 1.165) is 5.56 Å². The molecule has 1 aromatic heterocycles. The van der Waals surface area contributed by atoms with Crippen molar-refractivity contribution in [1.82, 2.24) is 14.8 Å². The Hall–Kier alpha value is -2.17. The molecule has 0 saturated heterocycles. The first kappa shape index (κ1) is 11.3. The second-order valence-electron chi connectivity index (χ2n) is 3.97. The molecule has 5 nitrogen and oxygen atoms in total. The summed E-state index contributed by atoms with van der Waals surface area (Å²) in [7, 11) is 5.34. The predicted molar refractivity (Wildman–Crippen MR) is 67.0 cm³/mol. The highest BCUT2D eigenvalue weighted by Crippen LogP contribution is 2.12. The van der Waals surface area contributed by atoms with Crippen molar-refractivity contribution in [3.63, 3.8) is 0 Å². The predicted octanol–water partition coefficient (Wildman–Crippen LogP) is 0.908. The molecule has 5 heteroatoms. The molecule has 88 valence electrons. The lowest BCUT2D eigenvalue weighted by Crippen LogP contribution is -2.28. The van der Waals surface area contributed by atoms with Crippen LogP contribution in [-0.2, 0) is 7.05 Å². The molecular weight excluding hydrogens is 216 g/mol. The van der Waals surface area contributed by atoms with Crippen LogP contribution in [0.15, 0.2) is 35.1 Å². The summed E-state index contributed by atoms with van der Waals surface area (Å²) in [5.41, 5.74) is 1.01. The van der Waals surface area contributed by atoms with Gasteiger partial charge in [-0.15, -0.1) is 10.2 Å². The first-order valence-electron chi connectivity index (χ1n) is 5.27. The Balaban J connectivity index is 2.60. The maximum absolute atomic E-state index is 12.1. The van der Waals surface area contributed by atoms with Gasteiger partial charge in [-0.1, -0.05) is 30.3 Å². The van der Waals surface area contributed by atoms with Crippen molar-refractivity contribution < 1.29 is 0 Å². The molecule has 0 aliphatic rings. The van der Waals surface area contributed by atoms with E-state index in [-0.39, 0.29) is 5.56 Å². The zero-order valence-electron chi connectivity index (χ0n) is 10.1. The molecule has 0 N–H and O–H groups in total. The standard InChI is InChI=1S/C12H14N4O/c1-15(2)12-14-13-10(11(17)16(12)3)9-7-5-4-6-8-9/h4-8H,1-3H3. The molecule has 1 aromatic carbocycles. The van der Waals surface area contributed by atoms with Crippen molar-refractivity contribution in [3.8, 4) is 11.3 Å². The number of hydrogen-bond donors (Lipinski definition) is 0. The van der Waals surface area contributed by atoms with E-state index in [2.05, 4.69) is 10.2 Å². The average Bonchev–Trinajstić information content (AvgIpc) is 2.33. The molecule has 0 atom stereocenters. The highest BCUT2D eigenvalue weighted by molar-refractivity contribution is 5.57. The van der Waals surface area contributed by atoms with E-state index in [1.54, 1.807) is 11.9 Å². The summed E-state index contributed by atoms with van der Waals surface area (Å²) in [6.45, 7) is 0. The maximum Gasteiger partial charge on any atom is 0.281 e. The Labute approximate surface area is 99.3 Å². The van der Waals surface area contributed by atoms with Gasteiger partial charge in [0.15, 0.2) is 5.69 Å². The second kappa shape index (κ2) is 4.37. The Morgan fingerprint density at radius 1 is 1.12 bits per heavy atom. The van der Waals surface area contributed by atoms with Crippen molar-refractivity contribution in [2.45, 2.75) is 0 Å². The first-order valence-corrected chi connectivity index (χ1v) is 5.27. The van der Waals surface area contributed by atoms with Gasteiger partial charge in [0.25, 0.3) is 5.56 Å². The van der Waals surface area contributed by atoms with Crippen molar-refractivity contribution >= 4 is 5.95 Å². The third kappa shape index (κ3) is 2.04. The molecule has 0 spiro atoms. The van der Waals surface area contributed by atoms with Gasteiger partial charge in [-0.25, -0.2) is 0 Å². The summed E-state index contributed by atoms with van der Waals surface area (Å²) in [4.78, 5) is 13.9. The topological polar surface area (TPSA) is 51.0 Å². The largest absolute Gasteiger partial charge is 0.347 e. The van der Waals surface area contributed by atoms with Gasteiger partial charge in [-0.2, -0.15) is 0 Å². The van der Waals surface area contributed by atoms with E-state index in [4.69, 9.17) is 0 Å². The van der Waals surface area contributed by atoms with Crippen LogP contribution in [0.2, 0.25) is 0 Å². The monoisotopic (exact) mass is 230 g/mol. The van der Waals surface area contributed by atoms with Crippen LogP contribution in [0, 0.1) is 0 Å². The van der Waals surface area contributed by atoms with Gasteiger partial charge < -0.3 is 4.90 Å². The second-order valence-corrected chi connectivity index (χ2v) is 3.97. The van der Waals surface area contributed by atoms with E-state index < -0.39 is 0 Å². The summed E-state index contributed by atoms with van der Waals surface area (Å²) >= 11 is 0. The van der Waals surface area contributed by atoms with Gasteiger partial charge in [0, 0.05) is 26.7 Å². The smallest absolute Gasteiger partial charge is 0.281 e. The van der Waals surface area contributed by atoms with Crippen LogP contribution in [0.1, 0.15) is 0 Å². The molecule has 0 fully saturated rings. The zero-order valence-corrected chi connectivity index (χ0v) is 10.1. The van der Waals surface area contributed by atoms with Crippen LogP contribution >= 0.6 is 0 Å². The third-order valence-electron chi connectivity index (χ3n) is 2.49. The Bertz CT molecular complexity index is 575. The number of anilines is 1. The number of nitrogens with zero attached hydrogens (tertiary/aromatic N) is 4. The SMILES string of the molecule is CN(C)c1nnc(-c2ccccc2)c(=O)n1C. The highest BCUT2D eigenvalue weighted by atomic mass is 16.1. The van der Waals surface area contributed by atoms with Gasteiger partial charge in [0.1, 0.15) is 0 Å². The molecule has 0 aliphatic heterocycles. The molecular formula is C12H14N4O. The van der Waals surface area contributed by atoms with Gasteiger partial charge in [-0.3, -0.25) is 9.36 Å². The van der Waals surface area contributed by atoms with Gasteiger partial charge >= 0.3 is 0 Å². The van der Waals surface area contributed by atoms with Crippen molar-refractivity contribution in [1.29, 1.82) is 0 Å². The molecule has 0 amide bonds. The Morgan fingerprint density at radius 2 is 1.76 bits per heavy atom. The maximum atomic E-state index is 12.1. The van der Waals surface area contributed by atoms with Crippen molar-refractivity contribution in [2.24, 2.45) is 7.05 Å². The lowest BCUT2D eigenvalue weighted by atomic mass is 10.2. The van der Waals surface area contributed by atoms with Crippen LogP contribution in [0.4, 0.5) is 5.95 Å².